The Morgan fingerprint density at radius 3 is 2.76 bits per heavy atom. The normalized spacial score (nSPS) is 9.94. The summed E-state index contributed by atoms with van der Waals surface area (Å²) in [6.45, 7) is 0. The molecular formula is C10H8N4O2S. The molecule has 0 aliphatic carbocycles. The molecule has 86 valence electrons. The predicted octanol–water partition coefficient (Wildman–Crippen LogP) is 1.20. The van der Waals surface area contributed by atoms with Gasteiger partial charge in [-0.2, -0.15) is 0 Å². The molecule has 0 saturated carbocycles. The Morgan fingerprint density at radius 2 is 2.06 bits per heavy atom. The first-order valence-corrected chi connectivity index (χ1v) is 5.46. The number of esters is 1. The Labute approximate surface area is 101 Å². The summed E-state index contributed by atoms with van der Waals surface area (Å²) in [4.78, 5) is 27.3. The number of hydrogen-bond acceptors (Lipinski definition) is 7. The summed E-state index contributed by atoms with van der Waals surface area (Å²) in [5.41, 5.74) is 0.161. The van der Waals surface area contributed by atoms with Crippen LogP contribution in [0, 0.1) is 0 Å². The molecule has 6 nitrogen and oxygen atoms in total. The maximum Gasteiger partial charge on any atom is 0.358 e. The first-order chi connectivity index (χ1) is 8.29. The molecule has 0 aromatic carbocycles. The highest BCUT2D eigenvalue weighted by atomic mass is 32.2. The van der Waals surface area contributed by atoms with Crippen molar-refractivity contribution in [1.29, 1.82) is 0 Å². The van der Waals surface area contributed by atoms with Crippen LogP contribution >= 0.6 is 11.8 Å². The number of methoxy groups -OCH3 is 1. The molecule has 0 spiro atoms. The van der Waals surface area contributed by atoms with Gasteiger partial charge in [0.1, 0.15) is 5.03 Å². The molecule has 2 heterocycles. The fraction of sp³-hybridized carbons (Fsp3) is 0.100. The van der Waals surface area contributed by atoms with Gasteiger partial charge >= 0.3 is 5.97 Å². The number of carbonyl (C=O) groups is 1. The predicted molar refractivity (Wildman–Crippen MR) is 59.5 cm³/mol. The van der Waals surface area contributed by atoms with Crippen LogP contribution in [0.3, 0.4) is 0 Å². The number of carbonyl (C=O) groups excluding carboxylic acids is 1. The smallest absolute Gasteiger partial charge is 0.358 e. The minimum absolute atomic E-state index is 0.161. The zero-order chi connectivity index (χ0) is 12.1. The van der Waals surface area contributed by atoms with Crippen LogP contribution in [0.2, 0.25) is 0 Å². The van der Waals surface area contributed by atoms with Crippen LogP contribution in [0.5, 0.6) is 0 Å². The summed E-state index contributed by atoms with van der Waals surface area (Å²) in [7, 11) is 1.30. The fourth-order valence-corrected chi connectivity index (χ4v) is 1.70. The molecule has 0 saturated heterocycles. The van der Waals surface area contributed by atoms with E-state index >= 15 is 0 Å². The van der Waals surface area contributed by atoms with Gasteiger partial charge in [0.15, 0.2) is 10.9 Å². The molecule has 0 amide bonds. The number of ether oxygens (including phenoxy) is 1. The van der Waals surface area contributed by atoms with Crippen LogP contribution in [0.15, 0.2) is 41.0 Å². The van der Waals surface area contributed by atoms with Gasteiger partial charge in [0.05, 0.1) is 19.5 Å². The molecule has 2 aromatic rings. The third-order valence-corrected chi connectivity index (χ3v) is 2.54. The van der Waals surface area contributed by atoms with Crippen molar-refractivity contribution in [3.63, 3.8) is 0 Å². The SMILES string of the molecule is COC(=O)c1cncc(Sc2ncccn2)n1. The minimum atomic E-state index is -0.520. The molecule has 0 aliphatic rings. The molecule has 2 aromatic heterocycles. The molecule has 0 fully saturated rings. The van der Waals surface area contributed by atoms with E-state index in [-0.39, 0.29) is 5.69 Å². The Kier molecular flexibility index (Phi) is 3.61. The Bertz CT molecular complexity index is 521. The first-order valence-electron chi connectivity index (χ1n) is 4.65. The lowest BCUT2D eigenvalue weighted by atomic mass is 10.5. The summed E-state index contributed by atoms with van der Waals surface area (Å²) in [6.07, 6.45) is 6.15. The monoisotopic (exact) mass is 248 g/mol. The summed E-state index contributed by atoms with van der Waals surface area (Å²) in [5, 5.41) is 1.09. The second-order valence-corrected chi connectivity index (χ2v) is 3.86. The Balaban J connectivity index is 2.20. The molecular weight excluding hydrogens is 240 g/mol. The van der Waals surface area contributed by atoms with Crippen molar-refractivity contribution in [2.75, 3.05) is 7.11 Å². The van der Waals surface area contributed by atoms with Crippen molar-refractivity contribution in [2.24, 2.45) is 0 Å². The maximum absolute atomic E-state index is 11.3. The average Bonchev–Trinajstić information content (AvgIpc) is 2.39. The molecule has 7 heteroatoms. The topological polar surface area (TPSA) is 77.9 Å². The largest absolute Gasteiger partial charge is 0.464 e. The van der Waals surface area contributed by atoms with Crippen molar-refractivity contribution in [3.05, 3.63) is 36.5 Å². The Morgan fingerprint density at radius 1 is 1.29 bits per heavy atom. The maximum atomic E-state index is 11.3. The van der Waals surface area contributed by atoms with Crippen LogP contribution in [0.4, 0.5) is 0 Å². The zero-order valence-electron chi connectivity index (χ0n) is 8.90. The molecule has 2 rings (SSSR count). The molecule has 0 unspecified atom stereocenters. The molecule has 0 aliphatic heterocycles. The molecule has 0 atom stereocenters. The second-order valence-electron chi connectivity index (χ2n) is 2.87. The van der Waals surface area contributed by atoms with Crippen LogP contribution in [0.25, 0.3) is 0 Å². The van der Waals surface area contributed by atoms with Crippen LogP contribution in [-0.2, 0) is 4.74 Å². The lowest BCUT2D eigenvalue weighted by Crippen LogP contribution is -2.05. The summed E-state index contributed by atoms with van der Waals surface area (Å²) < 4.78 is 4.56. The van der Waals surface area contributed by atoms with Crippen molar-refractivity contribution in [2.45, 2.75) is 10.2 Å². The van der Waals surface area contributed by atoms with Gasteiger partial charge in [-0.25, -0.2) is 19.7 Å². The fourth-order valence-electron chi connectivity index (χ4n) is 1.03. The van der Waals surface area contributed by atoms with Gasteiger partial charge < -0.3 is 4.74 Å². The van der Waals surface area contributed by atoms with E-state index in [0.29, 0.717) is 10.2 Å². The number of nitrogens with zero attached hydrogens (tertiary/aromatic N) is 4. The van der Waals surface area contributed by atoms with Gasteiger partial charge in [-0.1, -0.05) is 0 Å². The van der Waals surface area contributed by atoms with Gasteiger partial charge in [0.2, 0.25) is 0 Å². The van der Waals surface area contributed by atoms with Crippen molar-refractivity contribution >= 4 is 17.7 Å². The quantitative estimate of drug-likeness (QED) is 0.596. The van der Waals surface area contributed by atoms with E-state index in [1.54, 1.807) is 18.5 Å². The van der Waals surface area contributed by atoms with Gasteiger partial charge in [0.25, 0.3) is 0 Å². The van der Waals surface area contributed by atoms with Crippen molar-refractivity contribution in [3.8, 4) is 0 Å². The standard InChI is InChI=1S/C10H8N4O2S/c1-16-9(15)7-5-11-6-8(14-7)17-10-12-3-2-4-13-10/h2-6H,1H3. The highest BCUT2D eigenvalue weighted by Crippen LogP contribution is 2.20. The van der Waals surface area contributed by atoms with E-state index in [4.69, 9.17) is 0 Å². The lowest BCUT2D eigenvalue weighted by molar-refractivity contribution is 0.0592. The van der Waals surface area contributed by atoms with Crippen LogP contribution in [-0.4, -0.2) is 33.0 Å². The summed E-state index contributed by atoms with van der Waals surface area (Å²) in [6, 6.07) is 1.72. The highest BCUT2D eigenvalue weighted by molar-refractivity contribution is 7.99. The van der Waals surface area contributed by atoms with Gasteiger partial charge in [-0.3, -0.25) is 4.98 Å². The number of rotatable bonds is 3. The van der Waals surface area contributed by atoms with E-state index in [0.717, 1.165) is 0 Å². The highest BCUT2D eigenvalue weighted by Gasteiger charge is 2.09. The third kappa shape index (κ3) is 2.97. The minimum Gasteiger partial charge on any atom is -0.464 e. The van der Waals surface area contributed by atoms with Crippen molar-refractivity contribution < 1.29 is 9.53 Å². The number of aromatic nitrogens is 4. The number of hydrogen-bond donors (Lipinski definition) is 0. The van der Waals surface area contributed by atoms with Gasteiger partial charge in [-0.15, -0.1) is 0 Å². The van der Waals surface area contributed by atoms with Gasteiger partial charge in [-0.05, 0) is 17.8 Å². The van der Waals surface area contributed by atoms with Crippen LogP contribution < -0.4 is 0 Å². The molecule has 0 radical (unpaired) electrons. The van der Waals surface area contributed by atoms with E-state index < -0.39 is 5.97 Å². The van der Waals surface area contributed by atoms with Gasteiger partial charge in [0, 0.05) is 12.4 Å². The lowest BCUT2D eigenvalue weighted by Gasteiger charge is -2.00. The van der Waals surface area contributed by atoms with E-state index in [1.165, 1.54) is 31.3 Å². The second kappa shape index (κ2) is 5.35. The molecule has 0 bridgehead atoms. The van der Waals surface area contributed by atoms with E-state index in [9.17, 15) is 4.79 Å². The molecule has 0 N–H and O–H groups in total. The van der Waals surface area contributed by atoms with Crippen LogP contribution in [0.1, 0.15) is 10.5 Å². The summed E-state index contributed by atoms with van der Waals surface area (Å²) in [5.74, 6) is -0.520. The van der Waals surface area contributed by atoms with E-state index in [1.807, 2.05) is 0 Å². The third-order valence-electron chi connectivity index (χ3n) is 1.74. The zero-order valence-corrected chi connectivity index (χ0v) is 9.72. The summed E-state index contributed by atoms with van der Waals surface area (Å²) >= 11 is 1.23. The Hall–Kier alpha value is -2.02. The van der Waals surface area contributed by atoms with Crippen molar-refractivity contribution in [1.82, 2.24) is 19.9 Å². The molecule has 17 heavy (non-hydrogen) atoms. The average molecular weight is 248 g/mol. The van der Waals surface area contributed by atoms with E-state index in [2.05, 4.69) is 24.7 Å². The first kappa shape index (κ1) is 11.5.